The average molecular weight is 1340 g/mol. The van der Waals surface area contributed by atoms with Crippen molar-refractivity contribution >= 4 is 116 Å². The van der Waals surface area contributed by atoms with E-state index in [0.717, 1.165) is 51.2 Å². The number of anilines is 9. The fourth-order valence-corrected chi connectivity index (χ4v) is 14.7. The van der Waals surface area contributed by atoms with Crippen molar-refractivity contribution in [1.29, 1.82) is 0 Å². The minimum Gasteiger partial charge on any atom is -0.311 e. The van der Waals surface area contributed by atoms with E-state index in [0.29, 0.717) is 0 Å². The van der Waals surface area contributed by atoms with Crippen LogP contribution in [0, 0.1) is 0 Å². The van der Waals surface area contributed by atoms with Crippen molar-refractivity contribution in [2.75, 3.05) is 14.7 Å². The van der Waals surface area contributed by atoms with Crippen LogP contribution in [-0.2, 0) is 0 Å². The van der Waals surface area contributed by atoms with E-state index in [1.807, 2.05) is 0 Å². The molecule has 3 nitrogen and oxygen atoms in total. The summed E-state index contributed by atoms with van der Waals surface area (Å²) in [5.74, 6) is 0. The van der Waals surface area contributed by atoms with Crippen LogP contribution in [0.5, 0.6) is 0 Å². The second kappa shape index (κ2) is 29.8. The maximum Gasteiger partial charge on any atom is 0.0468 e. The summed E-state index contributed by atoms with van der Waals surface area (Å²) in [6, 6.07) is 158. The Balaban J connectivity index is 0.000000117. The van der Waals surface area contributed by atoms with Crippen LogP contribution in [0.1, 0.15) is 0 Å². The monoisotopic (exact) mass is 1340 g/mol. The maximum atomic E-state index is 2.31. The SMILES string of the molecule is c1ccc(N(c2ccccc2)c2ccc(-c3cccc4c(-c5cccc6ccccc56)cccc34)cc2)cc1.c1ccc(N(c2ccccc2)c2ccc3cc(-c4ccc5ccccc5c4)ccc3c2)cc1.c1ccc(N(c2ccccc2)c2ccc3ccc(-c4ccc5ccccc5c4)cc3c2)cc1. The van der Waals surface area contributed by atoms with E-state index in [2.05, 4.69) is 458 Å². The van der Waals surface area contributed by atoms with Crippen molar-refractivity contribution in [3.8, 4) is 44.5 Å². The van der Waals surface area contributed by atoms with Gasteiger partial charge in [0.2, 0.25) is 0 Å². The molecule has 0 atom stereocenters. The first kappa shape index (κ1) is 64.5. The predicted molar refractivity (Wildman–Crippen MR) is 450 cm³/mol. The summed E-state index contributed by atoms with van der Waals surface area (Å²) in [6.45, 7) is 0. The van der Waals surface area contributed by atoms with Crippen molar-refractivity contribution in [2.45, 2.75) is 0 Å². The lowest BCUT2D eigenvalue weighted by molar-refractivity contribution is 1.28. The van der Waals surface area contributed by atoms with Gasteiger partial charge in [0, 0.05) is 51.2 Å². The van der Waals surface area contributed by atoms with E-state index in [1.165, 1.54) is 109 Å². The Morgan fingerprint density at radius 1 is 0.114 bits per heavy atom. The standard InChI is InChI=1S/C38H27N.2C32H23N/c1-3-14-30(15-4-1)39(31-16-5-2-6-17-31)32-26-24-29(25-27-32)34-19-10-22-37-36(34)21-11-23-38(37)35-20-9-13-28-12-7-8-18-33(28)35;1-3-11-30(12-4-1)33(31-13-5-2-6-14-31)32-20-19-25-16-18-28(22-29(25)23-32)27-17-15-24-9-7-8-10-26(24)21-27;1-3-11-30(12-4-1)33(31-13-5-2-6-14-31)32-20-19-28-22-27(17-18-29(28)23-32)26-16-15-24-9-7-8-10-25(24)21-26/h1-27H;2*1-23H. The Morgan fingerprint density at radius 2 is 0.352 bits per heavy atom. The van der Waals surface area contributed by atoms with E-state index in [1.54, 1.807) is 0 Å². The van der Waals surface area contributed by atoms with E-state index >= 15 is 0 Å². The third-order valence-corrected chi connectivity index (χ3v) is 19.9. The highest BCUT2D eigenvalue weighted by Gasteiger charge is 2.18. The molecule has 19 aromatic carbocycles. The smallest absolute Gasteiger partial charge is 0.0468 e. The van der Waals surface area contributed by atoms with E-state index in [9.17, 15) is 0 Å². The van der Waals surface area contributed by atoms with Gasteiger partial charge in [-0.25, -0.2) is 0 Å². The normalized spacial score (nSPS) is 11.0. The van der Waals surface area contributed by atoms with E-state index in [-0.39, 0.29) is 0 Å². The van der Waals surface area contributed by atoms with Crippen molar-refractivity contribution in [1.82, 2.24) is 0 Å². The summed E-state index contributed by atoms with van der Waals surface area (Å²) in [4.78, 5) is 6.91. The first-order chi connectivity index (χ1) is 52.1. The number of hydrogen-bond acceptors (Lipinski definition) is 3. The molecule has 0 N–H and O–H groups in total. The van der Waals surface area contributed by atoms with Gasteiger partial charge < -0.3 is 14.7 Å². The van der Waals surface area contributed by atoms with E-state index in [4.69, 9.17) is 0 Å². The van der Waals surface area contributed by atoms with Crippen molar-refractivity contribution in [3.05, 3.63) is 443 Å². The summed E-state index contributed by atoms with van der Waals surface area (Å²) in [5.41, 5.74) is 20.3. The highest BCUT2D eigenvalue weighted by atomic mass is 15.2. The Hall–Kier alpha value is -13.9. The van der Waals surface area contributed by atoms with Gasteiger partial charge in [-0.3, -0.25) is 0 Å². The summed E-state index contributed by atoms with van der Waals surface area (Å²) in [6.07, 6.45) is 0. The van der Waals surface area contributed by atoms with Gasteiger partial charge in [-0.2, -0.15) is 0 Å². The minimum absolute atomic E-state index is 1.13. The van der Waals surface area contributed by atoms with Crippen LogP contribution in [0.15, 0.2) is 443 Å². The van der Waals surface area contributed by atoms with Crippen molar-refractivity contribution < 1.29 is 0 Å². The topological polar surface area (TPSA) is 9.72 Å². The fraction of sp³-hybridized carbons (Fsp3) is 0. The molecule has 0 aromatic heterocycles. The molecule has 0 aliphatic rings. The summed E-state index contributed by atoms with van der Waals surface area (Å²) in [5, 5.41) is 15.1. The molecule has 0 heterocycles. The lowest BCUT2D eigenvalue weighted by atomic mass is 9.91. The molecule has 0 aliphatic carbocycles. The Bertz CT molecular complexity index is 6080. The highest BCUT2D eigenvalue weighted by molar-refractivity contribution is 6.09. The first-order valence-electron chi connectivity index (χ1n) is 35.9. The average Bonchev–Trinajstić information content (AvgIpc) is 0.783. The number of hydrogen-bond donors (Lipinski definition) is 0. The lowest BCUT2D eigenvalue weighted by Gasteiger charge is -2.25. The Morgan fingerprint density at radius 3 is 0.800 bits per heavy atom. The molecular weight excluding hydrogens is 1270 g/mol. The Kier molecular flexibility index (Phi) is 18.3. The van der Waals surface area contributed by atoms with Crippen LogP contribution in [0.2, 0.25) is 0 Å². The zero-order valence-electron chi connectivity index (χ0n) is 58.0. The van der Waals surface area contributed by atoms with Gasteiger partial charge >= 0.3 is 0 Å². The Labute approximate surface area is 613 Å². The third kappa shape index (κ3) is 13.8. The zero-order valence-corrected chi connectivity index (χ0v) is 58.0. The second-order valence-corrected chi connectivity index (χ2v) is 26.4. The van der Waals surface area contributed by atoms with Gasteiger partial charge in [-0.1, -0.05) is 309 Å². The zero-order chi connectivity index (χ0) is 70.1. The van der Waals surface area contributed by atoms with Crippen LogP contribution >= 0.6 is 0 Å². The predicted octanol–water partition coefficient (Wildman–Crippen LogP) is 29.1. The summed E-state index contributed by atoms with van der Waals surface area (Å²) in [7, 11) is 0. The van der Waals surface area contributed by atoms with Crippen LogP contribution in [0.3, 0.4) is 0 Å². The summed E-state index contributed by atoms with van der Waals surface area (Å²) < 4.78 is 0. The fourth-order valence-electron chi connectivity index (χ4n) is 14.7. The molecule has 0 amide bonds. The number of benzene rings is 19. The largest absolute Gasteiger partial charge is 0.311 e. The molecule has 0 spiro atoms. The van der Waals surface area contributed by atoms with Gasteiger partial charge in [0.25, 0.3) is 0 Å². The van der Waals surface area contributed by atoms with Crippen LogP contribution in [0.4, 0.5) is 51.2 Å². The number of rotatable bonds is 13. The molecule has 3 heteroatoms. The molecule has 0 aliphatic heterocycles. The lowest BCUT2D eigenvalue weighted by Crippen LogP contribution is -2.09. The van der Waals surface area contributed by atoms with Crippen molar-refractivity contribution in [2.24, 2.45) is 0 Å². The molecule has 0 fully saturated rings. The maximum absolute atomic E-state index is 2.31. The molecule has 19 aromatic rings. The molecule has 0 radical (unpaired) electrons. The second-order valence-electron chi connectivity index (χ2n) is 26.4. The molecular formula is C102H73N3. The molecule has 0 bridgehead atoms. The van der Waals surface area contributed by atoms with Gasteiger partial charge in [0.1, 0.15) is 0 Å². The first-order valence-corrected chi connectivity index (χ1v) is 35.9. The molecule has 496 valence electrons. The summed E-state index contributed by atoms with van der Waals surface area (Å²) >= 11 is 0. The van der Waals surface area contributed by atoms with Gasteiger partial charge in [-0.05, 0) is 243 Å². The van der Waals surface area contributed by atoms with Crippen LogP contribution < -0.4 is 14.7 Å². The van der Waals surface area contributed by atoms with Gasteiger partial charge in [-0.15, -0.1) is 0 Å². The quantitative estimate of drug-likeness (QED) is 0.114. The molecule has 19 rings (SSSR count). The van der Waals surface area contributed by atoms with Crippen LogP contribution in [-0.4, -0.2) is 0 Å². The van der Waals surface area contributed by atoms with Gasteiger partial charge in [0.05, 0.1) is 0 Å². The number of nitrogens with zero attached hydrogens (tertiary/aromatic N) is 3. The number of para-hydroxylation sites is 6. The third-order valence-electron chi connectivity index (χ3n) is 19.9. The number of fused-ring (bicyclic) bond motifs is 6. The molecule has 105 heavy (non-hydrogen) atoms. The van der Waals surface area contributed by atoms with Gasteiger partial charge in [0.15, 0.2) is 0 Å². The van der Waals surface area contributed by atoms with Crippen molar-refractivity contribution in [3.63, 3.8) is 0 Å². The molecule has 0 unspecified atom stereocenters. The molecule has 0 saturated carbocycles. The minimum atomic E-state index is 1.13. The highest BCUT2D eigenvalue weighted by Crippen LogP contribution is 2.43. The van der Waals surface area contributed by atoms with Crippen LogP contribution in [0.25, 0.3) is 109 Å². The molecule has 0 saturated heterocycles. The van der Waals surface area contributed by atoms with E-state index < -0.39 is 0 Å².